The highest BCUT2D eigenvalue weighted by atomic mass is 16.3. The predicted octanol–water partition coefficient (Wildman–Crippen LogP) is 1.10. The van der Waals surface area contributed by atoms with E-state index in [4.69, 9.17) is 5.11 Å². The van der Waals surface area contributed by atoms with E-state index >= 15 is 0 Å². The first-order chi connectivity index (χ1) is 8.60. The number of H-pyrrole nitrogens is 1. The molecule has 0 atom stereocenters. The Balaban J connectivity index is 2.16. The largest absolute Gasteiger partial charge is 0.396 e. The van der Waals surface area contributed by atoms with Gasteiger partial charge in [-0.15, -0.1) is 0 Å². The summed E-state index contributed by atoms with van der Waals surface area (Å²) < 4.78 is 0. The van der Waals surface area contributed by atoms with E-state index in [0.29, 0.717) is 5.92 Å². The van der Waals surface area contributed by atoms with Gasteiger partial charge in [-0.3, -0.25) is 4.79 Å². The Morgan fingerprint density at radius 1 is 1.50 bits per heavy atom. The number of aliphatic hydroxyl groups excluding tert-OH is 1. The molecule has 2 rings (SSSR count). The van der Waals surface area contributed by atoms with Gasteiger partial charge in [-0.05, 0) is 18.8 Å². The van der Waals surface area contributed by atoms with Crippen LogP contribution in [-0.2, 0) is 0 Å². The van der Waals surface area contributed by atoms with Gasteiger partial charge in [0.1, 0.15) is 11.6 Å². The molecule has 100 valence electrons. The second kappa shape index (κ2) is 5.52. The quantitative estimate of drug-likeness (QED) is 0.844. The van der Waals surface area contributed by atoms with Crippen LogP contribution in [0.5, 0.6) is 0 Å². The Bertz CT molecular complexity index is 448. The van der Waals surface area contributed by atoms with E-state index in [9.17, 15) is 4.79 Å². The number of hydrogen-bond donors (Lipinski definition) is 2. The van der Waals surface area contributed by atoms with Crippen LogP contribution in [0.2, 0.25) is 0 Å². The van der Waals surface area contributed by atoms with Crippen LogP contribution in [0.3, 0.4) is 0 Å². The van der Waals surface area contributed by atoms with Gasteiger partial charge in [-0.2, -0.15) is 0 Å². The minimum Gasteiger partial charge on any atom is -0.396 e. The van der Waals surface area contributed by atoms with Crippen LogP contribution in [-0.4, -0.2) is 34.8 Å². The summed E-state index contributed by atoms with van der Waals surface area (Å²) in [5, 5.41) is 9.12. The summed E-state index contributed by atoms with van der Waals surface area (Å²) >= 11 is 0. The van der Waals surface area contributed by atoms with Gasteiger partial charge in [0.15, 0.2) is 0 Å². The fraction of sp³-hybridized carbons (Fsp3) is 0.692. The minimum atomic E-state index is -0.0898. The first kappa shape index (κ1) is 13.1. The standard InChI is InChI=1S/C13H21N3O2/c1-9(2)13-14-11(7-12(18)15-13)16-5-3-10(8-17)4-6-16/h7,9-10,17H,3-6,8H2,1-2H3,(H,14,15,18). The molecule has 5 nitrogen and oxygen atoms in total. The van der Waals surface area contributed by atoms with Crippen LogP contribution in [0, 0.1) is 5.92 Å². The number of aliphatic hydroxyl groups is 1. The van der Waals surface area contributed by atoms with Crippen LogP contribution < -0.4 is 10.5 Å². The molecule has 0 aromatic carbocycles. The molecule has 0 aliphatic carbocycles. The normalized spacial score (nSPS) is 17.4. The zero-order chi connectivity index (χ0) is 13.1. The van der Waals surface area contributed by atoms with Gasteiger partial charge in [0.25, 0.3) is 5.56 Å². The molecule has 1 saturated heterocycles. The fourth-order valence-corrected chi connectivity index (χ4v) is 2.24. The Labute approximate surface area is 107 Å². The first-order valence-corrected chi connectivity index (χ1v) is 6.57. The molecular formula is C13H21N3O2. The summed E-state index contributed by atoms with van der Waals surface area (Å²) in [6.45, 7) is 6.01. The lowest BCUT2D eigenvalue weighted by molar-refractivity contribution is 0.202. The van der Waals surface area contributed by atoms with Gasteiger partial charge in [-0.1, -0.05) is 13.8 Å². The second-order valence-electron chi connectivity index (χ2n) is 5.26. The fourth-order valence-electron chi connectivity index (χ4n) is 2.24. The highest BCUT2D eigenvalue weighted by Gasteiger charge is 2.20. The third-order valence-electron chi connectivity index (χ3n) is 3.49. The Morgan fingerprint density at radius 2 is 2.17 bits per heavy atom. The van der Waals surface area contributed by atoms with E-state index in [0.717, 1.165) is 37.6 Å². The molecule has 0 spiro atoms. The van der Waals surface area contributed by atoms with Gasteiger partial charge >= 0.3 is 0 Å². The number of nitrogens with one attached hydrogen (secondary N) is 1. The van der Waals surface area contributed by atoms with Crippen molar-refractivity contribution in [1.29, 1.82) is 0 Å². The number of piperidine rings is 1. The van der Waals surface area contributed by atoms with Crippen LogP contribution in [0.25, 0.3) is 0 Å². The van der Waals surface area contributed by atoms with E-state index in [1.165, 1.54) is 0 Å². The van der Waals surface area contributed by atoms with Crippen molar-refractivity contribution in [2.75, 3.05) is 24.6 Å². The Morgan fingerprint density at radius 3 is 2.72 bits per heavy atom. The Hall–Kier alpha value is -1.36. The van der Waals surface area contributed by atoms with Gasteiger partial charge in [0.05, 0.1) is 0 Å². The molecule has 0 saturated carbocycles. The maximum Gasteiger partial charge on any atom is 0.252 e. The number of rotatable bonds is 3. The Kier molecular flexibility index (Phi) is 4.01. The van der Waals surface area contributed by atoms with Gasteiger partial charge in [0, 0.05) is 31.7 Å². The van der Waals surface area contributed by atoms with Crippen molar-refractivity contribution in [3.63, 3.8) is 0 Å². The van der Waals surface area contributed by atoms with Crippen LogP contribution in [0.4, 0.5) is 5.82 Å². The molecule has 1 fully saturated rings. The molecular weight excluding hydrogens is 230 g/mol. The number of aromatic nitrogens is 2. The van der Waals surface area contributed by atoms with Crippen LogP contribution in [0.1, 0.15) is 38.4 Å². The van der Waals surface area contributed by atoms with Crippen LogP contribution in [0.15, 0.2) is 10.9 Å². The molecule has 0 amide bonds. The van der Waals surface area contributed by atoms with E-state index in [1.807, 2.05) is 13.8 Å². The highest BCUT2D eigenvalue weighted by molar-refractivity contribution is 5.38. The molecule has 0 unspecified atom stereocenters. The second-order valence-corrected chi connectivity index (χ2v) is 5.26. The lowest BCUT2D eigenvalue weighted by Gasteiger charge is -2.32. The first-order valence-electron chi connectivity index (χ1n) is 6.57. The summed E-state index contributed by atoms with van der Waals surface area (Å²) in [6.07, 6.45) is 1.92. The summed E-state index contributed by atoms with van der Waals surface area (Å²) in [7, 11) is 0. The van der Waals surface area contributed by atoms with E-state index in [-0.39, 0.29) is 18.1 Å². The average Bonchev–Trinajstić information content (AvgIpc) is 2.38. The molecule has 18 heavy (non-hydrogen) atoms. The highest BCUT2D eigenvalue weighted by Crippen LogP contribution is 2.21. The molecule has 2 N–H and O–H groups in total. The molecule has 5 heteroatoms. The molecule has 1 aromatic heterocycles. The summed E-state index contributed by atoms with van der Waals surface area (Å²) in [5.74, 6) is 2.11. The third-order valence-corrected chi connectivity index (χ3v) is 3.49. The summed E-state index contributed by atoms with van der Waals surface area (Å²) in [5.41, 5.74) is -0.0898. The topological polar surface area (TPSA) is 69.2 Å². The molecule has 1 aliphatic heterocycles. The minimum absolute atomic E-state index is 0.0898. The van der Waals surface area contributed by atoms with E-state index < -0.39 is 0 Å². The van der Waals surface area contributed by atoms with Crippen molar-refractivity contribution in [3.05, 3.63) is 22.2 Å². The van der Waals surface area contributed by atoms with Crippen molar-refractivity contribution >= 4 is 5.82 Å². The molecule has 0 radical (unpaired) electrons. The van der Waals surface area contributed by atoms with E-state index in [2.05, 4.69) is 14.9 Å². The lowest BCUT2D eigenvalue weighted by Crippen LogP contribution is -2.36. The SMILES string of the molecule is CC(C)c1nc(N2CCC(CO)CC2)cc(=O)[nH]1. The molecule has 1 aromatic rings. The van der Waals surface area contributed by atoms with Crippen molar-refractivity contribution in [2.24, 2.45) is 5.92 Å². The summed E-state index contributed by atoms with van der Waals surface area (Å²) in [6, 6.07) is 1.56. The van der Waals surface area contributed by atoms with Crippen molar-refractivity contribution in [1.82, 2.24) is 9.97 Å². The number of aromatic amines is 1. The molecule has 1 aliphatic rings. The van der Waals surface area contributed by atoms with Crippen molar-refractivity contribution < 1.29 is 5.11 Å². The maximum atomic E-state index is 11.6. The summed E-state index contributed by atoms with van der Waals surface area (Å²) in [4.78, 5) is 21.0. The monoisotopic (exact) mass is 251 g/mol. The molecule has 0 bridgehead atoms. The average molecular weight is 251 g/mol. The lowest BCUT2D eigenvalue weighted by atomic mass is 9.98. The van der Waals surface area contributed by atoms with Gasteiger partial charge in [0.2, 0.25) is 0 Å². The zero-order valence-corrected chi connectivity index (χ0v) is 11.0. The number of anilines is 1. The van der Waals surface area contributed by atoms with E-state index in [1.54, 1.807) is 6.07 Å². The number of hydrogen-bond acceptors (Lipinski definition) is 4. The van der Waals surface area contributed by atoms with Gasteiger partial charge in [-0.25, -0.2) is 4.98 Å². The maximum absolute atomic E-state index is 11.6. The van der Waals surface area contributed by atoms with Crippen molar-refractivity contribution in [2.45, 2.75) is 32.6 Å². The predicted molar refractivity (Wildman–Crippen MR) is 71.0 cm³/mol. The zero-order valence-electron chi connectivity index (χ0n) is 11.0. The molecule has 2 heterocycles. The van der Waals surface area contributed by atoms with Crippen molar-refractivity contribution in [3.8, 4) is 0 Å². The smallest absolute Gasteiger partial charge is 0.252 e. The third kappa shape index (κ3) is 2.90. The van der Waals surface area contributed by atoms with Gasteiger partial charge < -0.3 is 15.0 Å². The van der Waals surface area contributed by atoms with Crippen LogP contribution >= 0.6 is 0 Å². The number of nitrogens with zero attached hydrogens (tertiary/aromatic N) is 2.